The number of ether oxygens (including phenoxy) is 1. The molecule has 0 atom stereocenters. The first-order valence-corrected chi connectivity index (χ1v) is 10.1. The van der Waals surface area contributed by atoms with Crippen LogP contribution in [0, 0.1) is 5.92 Å². The van der Waals surface area contributed by atoms with E-state index in [-0.39, 0.29) is 5.92 Å². The van der Waals surface area contributed by atoms with Crippen LogP contribution in [0.1, 0.15) is 25.3 Å². The van der Waals surface area contributed by atoms with E-state index < -0.39 is 0 Å². The minimum absolute atomic E-state index is 0.162. The van der Waals surface area contributed by atoms with Crippen molar-refractivity contribution in [2.75, 3.05) is 44.3 Å². The zero-order valence-electron chi connectivity index (χ0n) is 14.7. The number of fused-ring (bicyclic) bond motifs is 1. The van der Waals surface area contributed by atoms with Gasteiger partial charge in [-0.1, -0.05) is 24.3 Å². The topological polar surface area (TPSA) is 45.7 Å². The lowest BCUT2D eigenvalue weighted by Crippen LogP contribution is -2.46. The summed E-state index contributed by atoms with van der Waals surface area (Å²) >= 11 is 1.77. The number of nitrogens with zero attached hydrogens (tertiary/aromatic N) is 3. The lowest BCUT2D eigenvalue weighted by atomic mass is 9.95. The van der Waals surface area contributed by atoms with E-state index in [4.69, 9.17) is 9.72 Å². The Bertz CT molecular complexity index is 746. The Morgan fingerprint density at radius 1 is 1.24 bits per heavy atom. The molecular weight excluding hydrogens is 334 g/mol. The van der Waals surface area contributed by atoms with Crippen molar-refractivity contribution in [3.63, 3.8) is 0 Å². The van der Waals surface area contributed by atoms with Crippen LogP contribution in [0.15, 0.2) is 18.2 Å². The van der Waals surface area contributed by atoms with E-state index >= 15 is 0 Å². The van der Waals surface area contributed by atoms with Gasteiger partial charge in [0.05, 0.1) is 23.4 Å². The first-order chi connectivity index (χ1) is 12.2. The molecule has 0 radical (unpaired) electrons. The predicted octanol–water partition coefficient (Wildman–Crippen LogP) is 2.93. The summed E-state index contributed by atoms with van der Waals surface area (Å²) in [4.78, 5) is 21.8. The third-order valence-electron chi connectivity index (χ3n) is 5.29. The zero-order chi connectivity index (χ0) is 17.2. The fourth-order valence-corrected chi connectivity index (χ4v) is 4.75. The molecule has 4 rings (SSSR count). The van der Waals surface area contributed by atoms with Gasteiger partial charge in [-0.2, -0.15) is 0 Å². The molecule has 3 heterocycles. The summed E-state index contributed by atoms with van der Waals surface area (Å²) < 4.78 is 6.61. The van der Waals surface area contributed by atoms with Crippen molar-refractivity contribution in [3.05, 3.63) is 23.8 Å². The second-order valence-electron chi connectivity index (χ2n) is 6.85. The molecule has 2 fully saturated rings. The van der Waals surface area contributed by atoms with Crippen molar-refractivity contribution < 1.29 is 9.53 Å². The highest BCUT2D eigenvalue weighted by atomic mass is 32.1. The molecule has 2 aliphatic rings. The second kappa shape index (κ2) is 7.30. The molecule has 2 aromatic rings. The molecule has 134 valence electrons. The molecule has 1 aromatic heterocycles. The van der Waals surface area contributed by atoms with E-state index in [1.807, 2.05) is 4.90 Å². The maximum atomic E-state index is 12.6. The van der Waals surface area contributed by atoms with Crippen molar-refractivity contribution in [1.29, 1.82) is 0 Å². The fraction of sp³-hybridized carbons (Fsp3) is 0.579. The Morgan fingerprint density at radius 3 is 2.72 bits per heavy atom. The minimum Gasteiger partial charge on any atom is -0.378 e. The highest BCUT2D eigenvalue weighted by Crippen LogP contribution is 2.32. The van der Waals surface area contributed by atoms with Gasteiger partial charge in [-0.25, -0.2) is 4.98 Å². The highest BCUT2D eigenvalue weighted by molar-refractivity contribution is 7.22. The van der Waals surface area contributed by atoms with Crippen LogP contribution in [0.2, 0.25) is 0 Å². The van der Waals surface area contributed by atoms with Crippen LogP contribution in [0.25, 0.3) is 10.2 Å². The Morgan fingerprint density at radius 2 is 2.00 bits per heavy atom. The number of benzene rings is 1. The predicted molar refractivity (Wildman–Crippen MR) is 101 cm³/mol. The van der Waals surface area contributed by atoms with E-state index in [2.05, 4.69) is 30.0 Å². The van der Waals surface area contributed by atoms with Gasteiger partial charge in [-0.15, -0.1) is 0 Å². The summed E-state index contributed by atoms with van der Waals surface area (Å²) in [5.74, 6) is 0.482. The quantitative estimate of drug-likeness (QED) is 0.845. The van der Waals surface area contributed by atoms with Gasteiger partial charge in [-0.05, 0) is 37.0 Å². The highest BCUT2D eigenvalue weighted by Gasteiger charge is 2.30. The first kappa shape index (κ1) is 16.8. The first-order valence-electron chi connectivity index (χ1n) is 9.25. The number of piperidine rings is 1. The van der Waals surface area contributed by atoms with Gasteiger partial charge in [0.2, 0.25) is 5.91 Å². The molecule has 6 heteroatoms. The van der Waals surface area contributed by atoms with Gasteiger partial charge in [0.1, 0.15) is 0 Å². The van der Waals surface area contributed by atoms with Crippen molar-refractivity contribution in [1.82, 2.24) is 9.88 Å². The number of aryl methyl sites for hydroxylation is 1. The fourth-order valence-electron chi connectivity index (χ4n) is 3.67. The number of amides is 1. The average Bonchev–Trinajstić information content (AvgIpc) is 3.11. The number of rotatable bonds is 3. The Kier molecular flexibility index (Phi) is 4.90. The van der Waals surface area contributed by atoms with Crippen LogP contribution < -0.4 is 4.90 Å². The number of carbonyl (C=O) groups is 1. The third kappa shape index (κ3) is 3.51. The van der Waals surface area contributed by atoms with E-state index in [9.17, 15) is 4.79 Å². The molecule has 2 saturated heterocycles. The molecule has 0 spiro atoms. The van der Waals surface area contributed by atoms with Crippen molar-refractivity contribution in [2.24, 2.45) is 5.92 Å². The van der Waals surface area contributed by atoms with E-state index in [1.54, 1.807) is 11.3 Å². The number of hydrogen-bond acceptors (Lipinski definition) is 5. The molecule has 25 heavy (non-hydrogen) atoms. The summed E-state index contributed by atoms with van der Waals surface area (Å²) in [6, 6.07) is 6.55. The Labute approximate surface area is 152 Å². The maximum Gasteiger partial charge on any atom is 0.225 e. The van der Waals surface area contributed by atoms with Crippen molar-refractivity contribution in [3.8, 4) is 0 Å². The summed E-state index contributed by atoms with van der Waals surface area (Å²) in [5.41, 5.74) is 2.45. The number of morpholine rings is 1. The molecule has 1 aromatic carbocycles. The van der Waals surface area contributed by atoms with Crippen LogP contribution >= 0.6 is 11.3 Å². The Balaban J connectivity index is 1.40. The lowest BCUT2D eigenvalue weighted by molar-refractivity contribution is -0.140. The lowest BCUT2D eigenvalue weighted by Gasteiger charge is -2.35. The molecule has 2 aliphatic heterocycles. The number of hydrogen-bond donors (Lipinski definition) is 0. The Hall–Kier alpha value is -1.66. The van der Waals surface area contributed by atoms with Gasteiger partial charge >= 0.3 is 0 Å². The van der Waals surface area contributed by atoms with Gasteiger partial charge in [0.15, 0.2) is 5.13 Å². The largest absolute Gasteiger partial charge is 0.378 e. The van der Waals surface area contributed by atoms with E-state index in [0.717, 1.165) is 56.1 Å². The molecule has 0 unspecified atom stereocenters. The molecule has 0 aliphatic carbocycles. The summed E-state index contributed by atoms with van der Waals surface area (Å²) in [5, 5.41) is 1.10. The van der Waals surface area contributed by atoms with E-state index in [0.29, 0.717) is 19.1 Å². The number of carbonyl (C=O) groups excluding carboxylic acids is 1. The summed E-state index contributed by atoms with van der Waals surface area (Å²) in [7, 11) is 0. The SMILES string of the molecule is CCc1ccc2nc(N3CCC(C(=O)N4CCOCC4)CC3)sc2c1. The van der Waals surface area contributed by atoms with Crippen LogP contribution in [-0.4, -0.2) is 55.2 Å². The standard InChI is InChI=1S/C19H25N3O2S/c1-2-14-3-4-16-17(13-14)25-19(20-16)22-7-5-15(6-8-22)18(23)21-9-11-24-12-10-21/h3-4,13,15H,2,5-12H2,1H3. The summed E-state index contributed by atoms with van der Waals surface area (Å²) in [6.45, 7) is 6.86. The van der Waals surface area contributed by atoms with Crippen molar-refractivity contribution >= 4 is 32.6 Å². The second-order valence-corrected chi connectivity index (χ2v) is 7.86. The molecule has 1 amide bonds. The van der Waals surface area contributed by atoms with Crippen molar-refractivity contribution in [2.45, 2.75) is 26.2 Å². The number of thiazole rings is 1. The van der Waals surface area contributed by atoms with Gasteiger partial charge < -0.3 is 14.5 Å². The average molecular weight is 359 g/mol. The van der Waals surface area contributed by atoms with E-state index in [1.165, 1.54) is 10.3 Å². The van der Waals surface area contributed by atoms with Crippen LogP contribution in [0.3, 0.4) is 0 Å². The van der Waals surface area contributed by atoms with Crippen LogP contribution in [0.4, 0.5) is 5.13 Å². The minimum atomic E-state index is 0.162. The number of anilines is 1. The monoisotopic (exact) mass is 359 g/mol. The van der Waals surface area contributed by atoms with Gasteiger partial charge in [-0.3, -0.25) is 4.79 Å². The van der Waals surface area contributed by atoms with Crippen LogP contribution in [-0.2, 0) is 16.0 Å². The summed E-state index contributed by atoms with van der Waals surface area (Å²) in [6.07, 6.45) is 2.90. The molecule has 0 bridgehead atoms. The normalized spacial score (nSPS) is 19.6. The molecular formula is C19H25N3O2S. The molecule has 0 saturated carbocycles. The number of aromatic nitrogens is 1. The molecule has 5 nitrogen and oxygen atoms in total. The maximum absolute atomic E-state index is 12.6. The third-order valence-corrected chi connectivity index (χ3v) is 6.37. The smallest absolute Gasteiger partial charge is 0.225 e. The molecule has 0 N–H and O–H groups in total. The van der Waals surface area contributed by atoms with Crippen LogP contribution in [0.5, 0.6) is 0 Å². The zero-order valence-corrected chi connectivity index (χ0v) is 15.6. The van der Waals surface area contributed by atoms with Gasteiger partial charge in [0.25, 0.3) is 0 Å². The van der Waals surface area contributed by atoms with Gasteiger partial charge in [0, 0.05) is 32.1 Å².